The average molecular weight is 396 g/mol. The summed E-state index contributed by atoms with van der Waals surface area (Å²) < 4.78 is 0. The Bertz CT molecular complexity index is 966. The van der Waals surface area contributed by atoms with Crippen LogP contribution in [0.1, 0.15) is 47.8 Å². The maximum atomic E-state index is 9.54. The predicted octanol–water partition coefficient (Wildman–Crippen LogP) is 3.10. The molecule has 2 aliphatic heterocycles. The van der Waals surface area contributed by atoms with E-state index in [1.54, 1.807) is 18.1 Å². The van der Waals surface area contributed by atoms with Crippen LogP contribution in [-0.4, -0.2) is 28.2 Å². The summed E-state index contributed by atoms with van der Waals surface area (Å²) in [7, 11) is 0. The number of aliphatic hydroxyl groups excluding tert-OH is 1. The summed E-state index contributed by atoms with van der Waals surface area (Å²) >= 11 is 1.63. The van der Waals surface area contributed by atoms with Gasteiger partial charge in [-0.3, -0.25) is 0 Å². The average Bonchev–Trinajstić information content (AvgIpc) is 3.09. The molecule has 0 radical (unpaired) electrons. The fourth-order valence-electron chi connectivity index (χ4n) is 3.38. The first-order valence-electron chi connectivity index (χ1n) is 9.39. The number of aliphatic imine (C=N–C) groups is 1. The Labute approximate surface area is 169 Å². The number of aryl methyl sites for hydroxylation is 1. The topological polar surface area (TPSA) is 82.4 Å². The van der Waals surface area contributed by atoms with E-state index in [4.69, 9.17) is 0 Å². The lowest BCUT2D eigenvalue weighted by Crippen LogP contribution is -2.27. The highest BCUT2D eigenvalue weighted by Crippen LogP contribution is 2.49. The molecule has 28 heavy (non-hydrogen) atoms. The van der Waals surface area contributed by atoms with Gasteiger partial charge in [-0.1, -0.05) is 49.9 Å². The predicted molar refractivity (Wildman–Crippen MR) is 112 cm³/mol. The molecule has 0 saturated heterocycles. The molecule has 0 bridgehead atoms. The fourth-order valence-corrected chi connectivity index (χ4v) is 4.58. The summed E-state index contributed by atoms with van der Waals surface area (Å²) in [5, 5.41) is 26.0. The second-order valence-corrected chi connectivity index (χ2v) is 8.93. The summed E-state index contributed by atoms with van der Waals surface area (Å²) in [6.45, 7) is 8.98. The molecule has 0 aliphatic carbocycles. The van der Waals surface area contributed by atoms with E-state index in [2.05, 4.69) is 57.0 Å². The summed E-state index contributed by atoms with van der Waals surface area (Å²) in [5.74, 6) is 0.878. The Hall–Kier alpha value is -2.38. The van der Waals surface area contributed by atoms with Gasteiger partial charge in [-0.2, -0.15) is 5.10 Å². The first kappa shape index (κ1) is 19.0. The molecular formula is C21H25N5OS. The number of aliphatic hydroxyl groups is 1. The Balaban J connectivity index is 1.53. The smallest absolute Gasteiger partial charge is 0.140 e. The molecule has 4 rings (SSSR count). The van der Waals surface area contributed by atoms with Crippen molar-refractivity contribution in [1.82, 2.24) is 20.8 Å². The van der Waals surface area contributed by atoms with Crippen molar-refractivity contribution in [3.63, 3.8) is 0 Å². The SMILES string of the molecule is Cc1nnc2c(c1C)C1NC=NC(NCc3ccc(C(C)(C)CO)cc3)=C1S2. The van der Waals surface area contributed by atoms with Gasteiger partial charge in [0.1, 0.15) is 10.8 Å². The van der Waals surface area contributed by atoms with Crippen molar-refractivity contribution in [1.29, 1.82) is 0 Å². The number of aromatic nitrogens is 2. The lowest BCUT2D eigenvalue weighted by atomic mass is 9.85. The molecule has 6 nitrogen and oxygen atoms in total. The number of rotatable bonds is 5. The fraction of sp³-hybridized carbons (Fsp3) is 0.381. The highest BCUT2D eigenvalue weighted by molar-refractivity contribution is 8.03. The number of nitrogens with zero attached hydrogens (tertiary/aromatic N) is 3. The van der Waals surface area contributed by atoms with E-state index in [9.17, 15) is 5.11 Å². The van der Waals surface area contributed by atoms with Crippen LogP contribution >= 0.6 is 11.8 Å². The lowest BCUT2D eigenvalue weighted by Gasteiger charge is -2.23. The molecule has 3 heterocycles. The van der Waals surface area contributed by atoms with Crippen molar-refractivity contribution in [2.75, 3.05) is 6.61 Å². The molecule has 0 amide bonds. The zero-order valence-electron chi connectivity index (χ0n) is 16.6. The maximum absolute atomic E-state index is 9.54. The molecule has 0 fully saturated rings. The van der Waals surface area contributed by atoms with E-state index >= 15 is 0 Å². The van der Waals surface area contributed by atoms with Crippen molar-refractivity contribution in [2.45, 2.75) is 50.7 Å². The van der Waals surface area contributed by atoms with Gasteiger partial charge >= 0.3 is 0 Å². The van der Waals surface area contributed by atoms with E-state index < -0.39 is 0 Å². The van der Waals surface area contributed by atoms with E-state index in [-0.39, 0.29) is 18.1 Å². The van der Waals surface area contributed by atoms with Gasteiger partial charge in [-0.05, 0) is 30.5 Å². The molecule has 2 aliphatic rings. The molecular weight excluding hydrogens is 370 g/mol. The number of hydrogen-bond donors (Lipinski definition) is 3. The molecule has 7 heteroatoms. The summed E-state index contributed by atoms with van der Waals surface area (Å²) in [6.07, 6.45) is 1.76. The number of fused-ring (bicyclic) bond motifs is 3. The van der Waals surface area contributed by atoms with E-state index in [0.29, 0.717) is 6.54 Å². The van der Waals surface area contributed by atoms with Crippen molar-refractivity contribution in [3.05, 3.63) is 62.9 Å². The van der Waals surface area contributed by atoms with Crippen molar-refractivity contribution < 1.29 is 5.11 Å². The van der Waals surface area contributed by atoms with Gasteiger partial charge in [0.05, 0.1) is 29.6 Å². The van der Waals surface area contributed by atoms with Crippen LogP contribution in [0.2, 0.25) is 0 Å². The van der Waals surface area contributed by atoms with Gasteiger partial charge in [0, 0.05) is 17.5 Å². The third kappa shape index (κ3) is 3.29. The molecule has 3 N–H and O–H groups in total. The van der Waals surface area contributed by atoms with Crippen LogP contribution in [0, 0.1) is 13.8 Å². The number of benzene rings is 1. The standard InChI is InChI=1S/C21H25N5OS/c1-12-13(2)25-26-20-16(12)17-18(28-20)19(24-11-23-17)22-9-14-5-7-15(8-6-14)21(3,4)10-27/h5-8,11,17,22,27H,9-10H2,1-4H3,(H,23,24). The zero-order chi connectivity index (χ0) is 19.9. The second kappa shape index (κ2) is 7.22. The highest BCUT2D eigenvalue weighted by Gasteiger charge is 2.35. The van der Waals surface area contributed by atoms with Crippen molar-refractivity contribution >= 4 is 18.1 Å². The van der Waals surface area contributed by atoms with Gasteiger partial charge < -0.3 is 15.7 Å². The third-order valence-electron chi connectivity index (χ3n) is 5.48. The molecule has 1 unspecified atom stereocenters. The minimum atomic E-state index is -0.230. The Kier molecular flexibility index (Phi) is 4.89. The highest BCUT2D eigenvalue weighted by atomic mass is 32.2. The first-order valence-corrected chi connectivity index (χ1v) is 10.2. The molecule has 1 aromatic heterocycles. The van der Waals surface area contributed by atoms with Crippen molar-refractivity contribution in [2.24, 2.45) is 4.99 Å². The third-order valence-corrected chi connectivity index (χ3v) is 6.63. The van der Waals surface area contributed by atoms with E-state index in [0.717, 1.165) is 27.0 Å². The maximum Gasteiger partial charge on any atom is 0.140 e. The Morgan fingerprint density at radius 1 is 1.18 bits per heavy atom. The van der Waals surface area contributed by atoms with Gasteiger partial charge in [0.15, 0.2) is 0 Å². The monoisotopic (exact) mass is 395 g/mol. The lowest BCUT2D eigenvalue weighted by molar-refractivity contribution is 0.218. The number of nitrogens with one attached hydrogen (secondary N) is 2. The van der Waals surface area contributed by atoms with Gasteiger partial charge in [-0.15, -0.1) is 5.10 Å². The van der Waals surface area contributed by atoms with E-state index in [1.807, 2.05) is 20.8 Å². The Morgan fingerprint density at radius 2 is 1.93 bits per heavy atom. The molecule has 146 valence electrons. The minimum Gasteiger partial charge on any atom is -0.395 e. The van der Waals surface area contributed by atoms with Crippen LogP contribution in [0.5, 0.6) is 0 Å². The minimum absolute atomic E-state index is 0.0851. The van der Waals surface area contributed by atoms with Gasteiger partial charge in [0.25, 0.3) is 0 Å². The van der Waals surface area contributed by atoms with Crippen LogP contribution in [0.4, 0.5) is 0 Å². The second-order valence-electron chi connectivity index (χ2n) is 7.89. The summed E-state index contributed by atoms with van der Waals surface area (Å²) in [6, 6.07) is 8.45. The van der Waals surface area contributed by atoms with Crippen LogP contribution in [0.15, 0.2) is 45.0 Å². The molecule has 0 saturated carbocycles. The number of thioether (sulfide) groups is 1. The van der Waals surface area contributed by atoms with E-state index in [1.165, 1.54) is 16.7 Å². The normalized spacial score (nSPS) is 18.0. The quantitative estimate of drug-likeness (QED) is 0.722. The molecule has 2 aromatic rings. The zero-order valence-corrected chi connectivity index (χ0v) is 17.4. The molecule has 1 atom stereocenters. The van der Waals surface area contributed by atoms with Crippen LogP contribution < -0.4 is 10.6 Å². The van der Waals surface area contributed by atoms with Crippen LogP contribution in [0.25, 0.3) is 0 Å². The largest absolute Gasteiger partial charge is 0.395 e. The van der Waals surface area contributed by atoms with Crippen molar-refractivity contribution in [3.8, 4) is 0 Å². The summed E-state index contributed by atoms with van der Waals surface area (Å²) in [4.78, 5) is 5.66. The van der Waals surface area contributed by atoms with Crippen LogP contribution in [-0.2, 0) is 12.0 Å². The van der Waals surface area contributed by atoms with Gasteiger partial charge in [-0.25, -0.2) is 4.99 Å². The first-order chi connectivity index (χ1) is 13.4. The molecule has 1 aromatic carbocycles. The summed E-state index contributed by atoms with van der Waals surface area (Å²) in [5.41, 5.74) is 5.42. The number of hydrogen-bond acceptors (Lipinski definition) is 7. The molecule has 0 spiro atoms. The van der Waals surface area contributed by atoms with Crippen LogP contribution in [0.3, 0.4) is 0 Å². The Morgan fingerprint density at radius 3 is 2.64 bits per heavy atom. The van der Waals surface area contributed by atoms with Gasteiger partial charge in [0.2, 0.25) is 0 Å².